The van der Waals surface area contributed by atoms with E-state index in [0.717, 1.165) is 41.9 Å². The first-order valence-electron chi connectivity index (χ1n) is 10.5. The number of nitrogens with one attached hydrogen (secondary N) is 1. The molecule has 2 aromatic rings. The molecule has 0 bridgehead atoms. The van der Waals surface area contributed by atoms with E-state index in [0.29, 0.717) is 6.54 Å². The van der Waals surface area contributed by atoms with Crippen LogP contribution < -0.4 is 14.8 Å². The van der Waals surface area contributed by atoms with Gasteiger partial charge in [0, 0.05) is 18.0 Å². The van der Waals surface area contributed by atoms with Crippen LogP contribution in [0.2, 0.25) is 0 Å². The number of piperidine rings is 1. The molecule has 1 amide bonds. The highest BCUT2D eigenvalue weighted by molar-refractivity contribution is 5.98. The molecule has 0 aromatic heterocycles. The lowest BCUT2D eigenvalue weighted by Gasteiger charge is -2.26. The summed E-state index contributed by atoms with van der Waals surface area (Å²) in [6.45, 7) is 2.70. The number of hydrogen-bond acceptors (Lipinski definition) is 3. The molecule has 1 aliphatic carbocycles. The van der Waals surface area contributed by atoms with E-state index in [1.165, 1.54) is 24.0 Å². The maximum absolute atomic E-state index is 12.4. The summed E-state index contributed by atoms with van der Waals surface area (Å²) in [5.41, 5.74) is 4.25. The minimum absolute atomic E-state index is 0.0266. The fraction of sp³-hybridized carbons (Fsp3) is 0.400. The average Bonchev–Trinajstić information content (AvgIpc) is 3.23. The van der Waals surface area contributed by atoms with Crippen molar-refractivity contribution in [2.24, 2.45) is 0 Å². The Morgan fingerprint density at radius 1 is 1.07 bits per heavy atom. The Balaban J connectivity index is 1.56. The lowest BCUT2D eigenvalue weighted by molar-refractivity contribution is -0.118. The Morgan fingerprint density at radius 3 is 2.66 bits per heavy atom. The van der Waals surface area contributed by atoms with Gasteiger partial charge in [-0.1, -0.05) is 35.9 Å². The van der Waals surface area contributed by atoms with Crippen molar-refractivity contribution < 1.29 is 14.3 Å². The summed E-state index contributed by atoms with van der Waals surface area (Å²) in [7, 11) is 1.68. The second-order valence-electron chi connectivity index (χ2n) is 8.13. The minimum Gasteiger partial charge on any atom is -0.493 e. The quantitative estimate of drug-likeness (QED) is 0.729. The number of benzene rings is 2. The first-order chi connectivity index (χ1) is 14.1. The van der Waals surface area contributed by atoms with Gasteiger partial charge in [-0.15, -0.1) is 0 Å². The van der Waals surface area contributed by atoms with Gasteiger partial charge in [0.25, 0.3) is 0 Å². The highest BCUT2D eigenvalue weighted by atomic mass is 16.5. The van der Waals surface area contributed by atoms with E-state index < -0.39 is 0 Å². The Kier molecular flexibility index (Phi) is 5.89. The van der Waals surface area contributed by atoms with Gasteiger partial charge in [-0.2, -0.15) is 0 Å². The zero-order valence-corrected chi connectivity index (χ0v) is 17.2. The molecular formula is C25H29NO3. The average molecular weight is 392 g/mol. The van der Waals surface area contributed by atoms with Gasteiger partial charge >= 0.3 is 0 Å². The smallest absolute Gasteiger partial charge is 0.247 e. The van der Waals surface area contributed by atoms with Crippen molar-refractivity contribution in [3.05, 3.63) is 64.7 Å². The third kappa shape index (κ3) is 4.64. The monoisotopic (exact) mass is 391 g/mol. The summed E-state index contributed by atoms with van der Waals surface area (Å²) in [6, 6.07) is 14.4. The summed E-state index contributed by atoms with van der Waals surface area (Å²) in [5.74, 6) is 1.84. The molecule has 4 rings (SSSR count). The van der Waals surface area contributed by atoms with Crippen molar-refractivity contribution in [3.63, 3.8) is 0 Å². The van der Waals surface area contributed by atoms with Crippen molar-refractivity contribution in [2.75, 3.05) is 13.7 Å². The Morgan fingerprint density at radius 2 is 1.90 bits per heavy atom. The standard InChI is InChI=1S/C25H29NO3/c1-17-6-5-7-18(12-17)13-20-14-21(16-26-25(20)27)19-10-11-23(28-2)24(15-19)29-22-8-3-4-9-22/h5-7,10-13,15,21-22H,3-4,8-9,14,16H2,1-2H3,(H,26,27)/b20-13+/t21-/m1/s1. The zero-order valence-electron chi connectivity index (χ0n) is 17.2. The first kappa shape index (κ1) is 19.6. The fourth-order valence-electron chi connectivity index (χ4n) is 4.31. The normalized spacial score (nSPS) is 21.2. The minimum atomic E-state index is 0.0266. The molecule has 2 aromatic carbocycles. The summed E-state index contributed by atoms with van der Waals surface area (Å²) in [6.07, 6.45) is 7.68. The molecule has 0 unspecified atom stereocenters. The van der Waals surface area contributed by atoms with E-state index in [2.05, 4.69) is 36.5 Å². The number of carbonyl (C=O) groups is 1. The van der Waals surface area contributed by atoms with Gasteiger partial charge in [-0.05, 0) is 68.4 Å². The number of amides is 1. The van der Waals surface area contributed by atoms with Gasteiger partial charge < -0.3 is 14.8 Å². The number of rotatable bonds is 5. The van der Waals surface area contributed by atoms with Crippen LogP contribution in [0, 0.1) is 6.92 Å². The molecule has 0 spiro atoms. The van der Waals surface area contributed by atoms with Crippen LogP contribution >= 0.6 is 0 Å². The largest absolute Gasteiger partial charge is 0.493 e. The lowest BCUT2D eigenvalue weighted by atomic mass is 9.87. The van der Waals surface area contributed by atoms with Crippen LogP contribution in [0.25, 0.3) is 6.08 Å². The molecule has 152 valence electrons. The van der Waals surface area contributed by atoms with Crippen LogP contribution in [0.3, 0.4) is 0 Å². The molecule has 1 saturated carbocycles. The first-order valence-corrected chi connectivity index (χ1v) is 10.5. The maximum Gasteiger partial charge on any atom is 0.247 e. The predicted molar refractivity (Wildman–Crippen MR) is 115 cm³/mol. The summed E-state index contributed by atoms with van der Waals surface area (Å²) in [4.78, 5) is 12.4. The molecule has 0 radical (unpaired) electrons. The number of aryl methyl sites for hydroxylation is 1. The van der Waals surface area contributed by atoms with Crippen molar-refractivity contribution in [3.8, 4) is 11.5 Å². The highest BCUT2D eigenvalue weighted by Gasteiger charge is 2.26. The lowest BCUT2D eigenvalue weighted by Crippen LogP contribution is -2.35. The summed E-state index contributed by atoms with van der Waals surface area (Å²) in [5, 5.41) is 3.06. The van der Waals surface area contributed by atoms with Crippen LogP contribution in [-0.2, 0) is 4.79 Å². The van der Waals surface area contributed by atoms with Crippen LogP contribution in [0.4, 0.5) is 0 Å². The molecule has 1 N–H and O–H groups in total. The topological polar surface area (TPSA) is 47.6 Å². The SMILES string of the molecule is COc1ccc([C@H]2CNC(=O)/C(=C/c3cccc(C)c3)C2)cc1OC1CCCC1. The summed E-state index contributed by atoms with van der Waals surface area (Å²) < 4.78 is 11.8. The van der Waals surface area contributed by atoms with Gasteiger partial charge in [-0.25, -0.2) is 0 Å². The number of hydrogen-bond donors (Lipinski definition) is 1. The van der Waals surface area contributed by atoms with Gasteiger partial charge in [-0.3, -0.25) is 4.79 Å². The third-order valence-electron chi connectivity index (χ3n) is 5.90. The molecule has 1 aliphatic heterocycles. The molecule has 4 nitrogen and oxygen atoms in total. The van der Waals surface area contributed by atoms with E-state index in [9.17, 15) is 4.79 Å². The second-order valence-corrected chi connectivity index (χ2v) is 8.13. The van der Waals surface area contributed by atoms with Gasteiger partial charge in [0.2, 0.25) is 5.91 Å². The van der Waals surface area contributed by atoms with Crippen molar-refractivity contribution in [2.45, 2.75) is 51.0 Å². The van der Waals surface area contributed by atoms with E-state index in [1.807, 2.05) is 24.3 Å². The predicted octanol–water partition coefficient (Wildman–Crippen LogP) is 5.01. The summed E-state index contributed by atoms with van der Waals surface area (Å²) >= 11 is 0. The second kappa shape index (κ2) is 8.73. The van der Waals surface area contributed by atoms with Gasteiger partial charge in [0.1, 0.15) is 0 Å². The van der Waals surface area contributed by atoms with Crippen LogP contribution in [0.5, 0.6) is 11.5 Å². The zero-order chi connectivity index (χ0) is 20.2. The van der Waals surface area contributed by atoms with Crippen LogP contribution in [0.1, 0.15) is 54.7 Å². The maximum atomic E-state index is 12.4. The van der Waals surface area contributed by atoms with Crippen LogP contribution in [0.15, 0.2) is 48.0 Å². The third-order valence-corrected chi connectivity index (χ3v) is 5.90. The molecule has 1 heterocycles. The molecule has 29 heavy (non-hydrogen) atoms. The van der Waals surface area contributed by atoms with Gasteiger partial charge in [0.15, 0.2) is 11.5 Å². The number of methoxy groups -OCH3 is 1. The van der Waals surface area contributed by atoms with Crippen LogP contribution in [-0.4, -0.2) is 25.7 Å². The van der Waals surface area contributed by atoms with E-state index in [4.69, 9.17) is 9.47 Å². The molecule has 2 aliphatic rings. The van der Waals surface area contributed by atoms with E-state index >= 15 is 0 Å². The van der Waals surface area contributed by atoms with Crippen molar-refractivity contribution >= 4 is 12.0 Å². The Labute approximate surface area is 172 Å². The highest BCUT2D eigenvalue weighted by Crippen LogP contribution is 2.36. The van der Waals surface area contributed by atoms with Gasteiger partial charge in [0.05, 0.1) is 13.2 Å². The van der Waals surface area contributed by atoms with Crippen molar-refractivity contribution in [1.82, 2.24) is 5.32 Å². The Hall–Kier alpha value is -2.75. The van der Waals surface area contributed by atoms with E-state index in [-0.39, 0.29) is 17.9 Å². The number of ether oxygens (including phenoxy) is 2. The molecule has 4 heteroatoms. The molecule has 2 fully saturated rings. The molecule has 1 saturated heterocycles. The number of carbonyl (C=O) groups excluding carboxylic acids is 1. The molecule has 1 atom stereocenters. The Bertz CT molecular complexity index is 912. The molecular weight excluding hydrogens is 362 g/mol. The van der Waals surface area contributed by atoms with Crippen molar-refractivity contribution in [1.29, 1.82) is 0 Å². The fourth-order valence-corrected chi connectivity index (χ4v) is 4.31. The van der Waals surface area contributed by atoms with E-state index in [1.54, 1.807) is 7.11 Å².